The highest BCUT2D eigenvalue weighted by Crippen LogP contribution is 2.32. The van der Waals surface area contributed by atoms with Gasteiger partial charge in [0.15, 0.2) is 0 Å². The van der Waals surface area contributed by atoms with Crippen molar-refractivity contribution in [1.82, 2.24) is 5.32 Å². The number of benzene rings is 1. The SMILES string of the molecule is CNC1CCCN(CCOC)c2ccccc21. The molecule has 0 aliphatic carbocycles. The smallest absolute Gasteiger partial charge is 0.0637 e. The molecule has 0 saturated heterocycles. The molecule has 0 fully saturated rings. The van der Waals surface area contributed by atoms with E-state index in [0.29, 0.717) is 6.04 Å². The lowest BCUT2D eigenvalue weighted by atomic mass is 10.0. The molecule has 3 nitrogen and oxygen atoms in total. The van der Waals surface area contributed by atoms with E-state index in [4.69, 9.17) is 4.74 Å². The van der Waals surface area contributed by atoms with Crippen LogP contribution >= 0.6 is 0 Å². The van der Waals surface area contributed by atoms with Crippen LogP contribution in [0.15, 0.2) is 24.3 Å². The van der Waals surface area contributed by atoms with Crippen LogP contribution in [0.2, 0.25) is 0 Å². The van der Waals surface area contributed by atoms with Crippen LogP contribution in [0.25, 0.3) is 0 Å². The van der Waals surface area contributed by atoms with E-state index in [9.17, 15) is 0 Å². The van der Waals surface area contributed by atoms with Crippen molar-refractivity contribution in [1.29, 1.82) is 0 Å². The van der Waals surface area contributed by atoms with E-state index in [0.717, 1.165) is 19.7 Å². The number of rotatable bonds is 4. The maximum absolute atomic E-state index is 5.20. The molecule has 0 spiro atoms. The average Bonchev–Trinajstić information content (AvgIpc) is 2.55. The number of nitrogens with zero attached hydrogens (tertiary/aromatic N) is 1. The zero-order chi connectivity index (χ0) is 12.1. The van der Waals surface area contributed by atoms with Crippen LogP contribution < -0.4 is 10.2 Å². The van der Waals surface area contributed by atoms with Gasteiger partial charge in [-0.25, -0.2) is 0 Å². The molecule has 1 heterocycles. The molecule has 0 bridgehead atoms. The van der Waals surface area contributed by atoms with Crippen molar-refractivity contribution in [3.05, 3.63) is 29.8 Å². The molecule has 0 aromatic heterocycles. The fourth-order valence-electron chi connectivity index (χ4n) is 2.57. The second kappa shape index (κ2) is 6.03. The summed E-state index contributed by atoms with van der Waals surface area (Å²) in [6.07, 6.45) is 2.43. The molecule has 1 unspecified atom stereocenters. The van der Waals surface area contributed by atoms with Gasteiger partial charge < -0.3 is 15.0 Å². The van der Waals surface area contributed by atoms with Crippen LogP contribution in [0.4, 0.5) is 5.69 Å². The summed E-state index contributed by atoms with van der Waals surface area (Å²) in [6, 6.07) is 9.20. The second-order valence-corrected chi connectivity index (χ2v) is 4.52. The lowest BCUT2D eigenvalue weighted by Crippen LogP contribution is -2.28. The van der Waals surface area contributed by atoms with Gasteiger partial charge in [0.1, 0.15) is 0 Å². The second-order valence-electron chi connectivity index (χ2n) is 4.52. The number of anilines is 1. The quantitative estimate of drug-likeness (QED) is 0.864. The summed E-state index contributed by atoms with van der Waals surface area (Å²) in [6.45, 7) is 2.89. The minimum atomic E-state index is 0.485. The molecule has 3 heteroatoms. The van der Waals surface area contributed by atoms with Crippen molar-refractivity contribution >= 4 is 5.69 Å². The third-order valence-corrected chi connectivity index (χ3v) is 3.49. The normalized spacial score (nSPS) is 19.9. The number of hydrogen-bond donors (Lipinski definition) is 1. The molecular weight excluding hydrogens is 212 g/mol. The molecule has 0 radical (unpaired) electrons. The van der Waals surface area contributed by atoms with Crippen LogP contribution in [-0.4, -0.2) is 33.9 Å². The van der Waals surface area contributed by atoms with Crippen LogP contribution in [0.1, 0.15) is 24.4 Å². The molecule has 1 atom stereocenters. The molecule has 1 N–H and O–H groups in total. The van der Waals surface area contributed by atoms with Crippen LogP contribution in [0, 0.1) is 0 Å². The fraction of sp³-hybridized carbons (Fsp3) is 0.571. The Hall–Kier alpha value is -1.06. The predicted molar refractivity (Wildman–Crippen MR) is 71.6 cm³/mol. The van der Waals surface area contributed by atoms with Gasteiger partial charge in [-0.05, 0) is 31.5 Å². The third-order valence-electron chi connectivity index (χ3n) is 3.49. The van der Waals surface area contributed by atoms with E-state index >= 15 is 0 Å². The van der Waals surface area contributed by atoms with Gasteiger partial charge in [-0.3, -0.25) is 0 Å². The summed E-state index contributed by atoms with van der Waals surface area (Å²) < 4.78 is 5.20. The van der Waals surface area contributed by atoms with Gasteiger partial charge in [-0.2, -0.15) is 0 Å². The molecule has 1 aliphatic heterocycles. The first-order valence-corrected chi connectivity index (χ1v) is 6.37. The van der Waals surface area contributed by atoms with Crippen molar-refractivity contribution in [3.63, 3.8) is 0 Å². The van der Waals surface area contributed by atoms with Gasteiger partial charge in [-0.1, -0.05) is 18.2 Å². The van der Waals surface area contributed by atoms with Gasteiger partial charge in [0.2, 0.25) is 0 Å². The third kappa shape index (κ3) is 2.79. The summed E-state index contributed by atoms with van der Waals surface area (Å²) >= 11 is 0. The van der Waals surface area contributed by atoms with E-state index < -0.39 is 0 Å². The highest BCUT2D eigenvalue weighted by molar-refractivity contribution is 5.55. The van der Waals surface area contributed by atoms with Gasteiger partial charge in [0, 0.05) is 31.9 Å². The van der Waals surface area contributed by atoms with Crippen molar-refractivity contribution in [2.75, 3.05) is 38.8 Å². The maximum Gasteiger partial charge on any atom is 0.0637 e. The summed E-state index contributed by atoms with van der Waals surface area (Å²) in [4.78, 5) is 2.44. The number of fused-ring (bicyclic) bond motifs is 1. The van der Waals surface area contributed by atoms with Crippen LogP contribution in [0.5, 0.6) is 0 Å². The molecular formula is C14H22N2O. The molecule has 17 heavy (non-hydrogen) atoms. The Bertz CT molecular complexity index is 354. The number of methoxy groups -OCH3 is 1. The van der Waals surface area contributed by atoms with Gasteiger partial charge >= 0.3 is 0 Å². The first kappa shape index (κ1) is 12.4. The largest absolute Gasteiger partial charge is 0.383 e. The molecule has 0 saturated carbocycles. The Morgan fingerprint density at radius 2 is 2.24 bits per heavy atom. The zero-order valence-corrected chi connectivity index (χ0v) is 10.8. The number of nitrogens with one attached hydrogen (secondary N) is 1. The highest BCUT2D eigenvalue weighted by atomic mass is 16.5. The number of para-hydroxylation sites is 1. The summed E-state index contributed by atoms with van der Waals surface area (Å²) in [5.41, 5.74) is 2.78. The van der Waals surface area contributed by atoms with Crippen molar-refractivity contribution < 1.29 is 4.74 Å². The first-order chi connectivity index (χ1) is 8.36. The topological polar surface area (TPSA) is 24.5 Å². The summed E-state index contributed by atoms with van der Waals surface area (Å²) in [5.74, 6) is 0. The van der Waals surface area contributed by atoms with E-state index in [1.807, 2.05) is 7.05 Å². The van der Waals surface area contributed by atoms with Crippen LogP contribution in [0.3, 0.4) is 0 Å². The Morgan fingerprint density at radius 3 is 3.00 bits per heavy atom. The van der Waals surface area contributed by atoms with E-state index in [-0.39, 0.29) is 0 Å². The number of hydrogen-bond acceptors (Lipinski definition) is 3. The molecule has 1 aliphatic rings. The molecule has 0 amide bonds. The number of ether oxygens (including phenoxy) is 1. The first-order valence-electron chi connectivity index (χ1n) is 6.37. The Balaban J connectivity index is 2.25. The fourth-order valence-corrected chi connectivity index (χ4v) is 2.57. The Kier molecular flexibility index (Phi) is 4.40. The summed E-state index contributed by atoms with van der Waals surface area (Å²) in [5, 5.41) is 3.42. The van der Waals surface area contributed by atoms with Gasteiger partial charge in [0.25, 0.3) is 0 Å². The van der Waals surface area contributed by atoms with Crippen molar-refractivity contribution in [2.24, 2.45) is 0 Å². The minimum absolute atomic E-state index is 0.485. The zero-order valence-electron chi connectivity index (χ0n) is 10.8. The van der Waals surface area contributed by atoms with E-state index in [1.165, 1.54) is 24.1 Å². The van der Waals surface area contributed by atoms with Gasteiger partial charge in [0.05, 0.1) is 6.61 Å². The lowest BCUT2D eigenvalue weighted by Gasteiger charge is -2.25. The average molecular weight is 234 g/mol. The van der Waals surface area contributed by atoms with Gasteiger partial charge in [-0.15, -0.1) is 0 Å². The van der Waals surface area contributed by atoms with Crippen molar-refractivity contribution in [2.45, 2.75) is 18.9 Å². The standard InChI is InChI=1S/C14H22N2O/c1-15-13-7-5-9-16(10-11-17-2)14-8-4-3-6-12(13)14/h3-4,6,8,13,15H,5,7,9-11H2,1-2H3. The predicted octanol–water partition coefficient (Wildman–Crippen LogP) is 2.19. The summed E-state index contributed by atoms with van der Waals surface area (Å²) in [7, 11) is 3.81. The van der Waals surface area contributed by atoms with E-state index in [2.05, 4.69) is 34.5 Å². The molecule has 1 aromatic carbocycles. The maximum atomic E-state index is 5.20. The molecule has 94 valence electrons. The Labute approximate surface area is 104 Å². The monoisotopic (exact) mass is 234 g/mol. The van der Waals surface area contributed by atoms with E-state index in [1.54, 1.807) is 7.11 Å². The van der Waals surface area contributed by atoms with Crippen molar-refractivity contribution in [3.8, 4) is 0 Å². The molecule has 1 aromatic rings. The minimum Gasteiger partial charge on any atom is -0.383 e. The van der Waals surface area contributed by atoms with Crippen LogP contribution in [-0.2, 0) is 4.74 Å². The molecule has 2 rings (SSSR count). The highest BCUT2D eigenvalue weighted by Gasteiger charge is 2.20. The Morgan fingerprint density at radius 1 is 1.41 bits per heavy atom. The lowest BCUT2D eigenvalue weighted by molar-refractivity contribution is 0.205.